The van der Waals surface area contributed by atoms with Crippen molar-refractivity contribution in [1.82, 2.24) is 10.2 Å². The van der Waals surface area contributed by atoms with E-state index in [4.69, 9.17) is 0 Å². The number of carbonyl (C=O) groups is 4. The first-order valence-corrected chi connectivity index (χ1v) is 10.4. The molecular weight excluding hydrogens is 450 g/mol. The van der Waals surface area contributed by atoms with Crippen LogP contribution in [0.5, 0.6) is 0 Å². The first-order chi connectivity index (χ1) is 15.5. The van der Waals surface area contributed by atoms with Gasteiger partial charge >= 0.3 is 18.1 Å². The number of halogens is 4. The molecule has 2 aliphatic rings. The number of piperidine rings is 2. The molecule has 2 fully saturated rings. The molecule has 1 aromatic carbocycles. The van der Waals surface area contributed by atoms with Crippen molar-refractivity contribution in [2.24, 2.45) is 0 Å². The summed E-state index contributed by atoms with van der Waals surface area (Å²) in [6.07, 6.45) is -3.86. The third-order valence-corrected chi connectivity index (χ3v) is 5.86. The van der Waals surface area contributed by atoms with Crippen LogP contribution in [0.2, 0.25) is 0 Å². The molecule has 2 amide bonds. The van der Waals surface area contributed by atoms with Gasteiger partial charge in [-0.1, -0.05) is 6.07 Å². The Hall–Kier alpha value is -3.02. The van der Waals surface area contributed by atoms with Crippen molar-refractivity contribution in [3.05, 3.63) is 29.6 Å². The van der Waals surface area contributed by atoms with Gasteiger partial charge in [-0.15, -0.1) is 0 Å². The number of ether oxygens (including phenoxy) is 1. The summed E-state index contributed by atoms with van der Waals surface area (Å²) in [5.41, 5.74) is 0.847. The van der Waals surface area contributed by atoms with E-state index in [0.29, 0.717) is 43.6 Å². The van der Waals surface area contributed by atoms with Crippen LogP contribution in [0.1, 0.15) is 44.1 Å². The Morgan fingerprint density at radius 3 is 2.42 bits per heavy atom. The number of nitrogens with zero attached hydrogens (tertiary/aromatic N) is 1. The van der Waals surface area contributed by atoms with Crippen LogP contribution in [-0.2, 0) is 23.9 Å². The molecule has 0 spiro atoms. The number of benzene rings is 1. The number of imide groups is 1. The third-order valence-electron chi connectivity index (χ3n) is 5.86. The minimum atomic E-state index is -5.25. The van der Waals surface area contributed by atoms with Gasteiger partial charge in [0.05, 0.1) is 0 Å². The molecule has 8 nitrogen and oxygen atoms in total. The normalized spacial score (nSPS) is 21.3. The average Bonchev–Trinajstić information content (AvgIpc) is 2.75. The van der Waals surface area contributed by atoms with Gasteiger partial charge in [0.25, 0.3) is 0 Å². The fourth-order valence-electron chi connectivity index (χ4n) is 3.96. The first kappa shape index (κ1) is 24.6. The summed E-state index contributed by atoms with van der Waals surface area (Å²) in [7, 11) is 0. The molecule has 1 aromatic rings. The Balaban J connectivity index is 1.55. The molecule has 0 saturated carbocycles. The number of anilines is 1. The summed E-state index contributed by atoms with van der Waals surface area (Å²) in [4.78, 5) is 47.4. The van der Waals surface area contributed by atoms with Crippen LogP contribution in [0.15, 0.2) is 18.2 Å². The summed E-state index contributed by atoms with van der Waals surface area (Å²) >= 11 is 0. The number of alkyl halides is 3. The fraction of sp³-hybridized carbons (Fsp3) is 0.524. The maximum atomic E-state index is 14.8. The molecule has 33 heavy (non-hydrogen) atoms. The summed E-state index contributed by atoms with van der Waals surface area (Å²) in [5.74, 6) is -5.30. The average molecular weight is 473 g/mol. The second-order valence-electron chi connectivity index (χ2n) is 8.08. The zero-order valence-corrected chi connectivity index (χ0v) is 17.7. The second-order valence-corrected chi connectivity index (χ2v) is 8.08. The lowest BCUT2D eigenvalue weighted by Crippen LogP contribution is -2.47. The standard InChI is InChI=1S/C21H23F4N3O5/c1-11(19(31)33-20(32)21(23,24)25)28-8-6-12(7-9-28)14-3-2-13(10-15(14)22)26-16-4-5-17(29)27-18(16)30/h2-3,10-12,16,26H,4-9H2,1H3,(H,27,29,30). The number of amides is 2. The quantitative estimate of drug-likeness (QED) is 0.293. The Morgan fingerprint density at radius 1 is 1.18 bits per heavy atom. The lowest BCUT2D eigenvalue weighted by molar-refractivity contribution is -0.203. The molecule has 2 heterocycles. The SMILES string of the molecule is CC(C(=O)OC(=O)C(F)(F)F)N1CCC(c2ccc(NC3CCC(=O)NC3=O)cc2F)CC1. The minimum absolute atomic E-state index is 0.175. The van der Waals surface area contributed by atoms with E-state index >= 15 is 0 Å². The van der Waals surface area contributed by atoms with Gasteiger partial charge in [-0.05, 0) is 62.9 Å². The van der Waals surface area contributed by atoms with E-state index in [1.54, 1.807) is 17.0 Å². The van der Waals surface area contributed by atoms with Gasteiger partial charge < -0.3 is 10.1 Å². The van der Waals surface area contributed by atoms with Gasteiger partial charge in [0.2, 0.25) is 11.8 Å². The van der Waals surface area contributed by atoms with Gasteiger partial charge in [0.1, 0.15) is 17.9 Å². The molecule has 0 aliphatic carbocycles. The van der Waals surface area contributed by atoms with E-state index in [2.05, 4.69) is 15.4 Å². The molecular formula is C21H23F4N3O5. The highest BCUT2D eigenvalue weighted by Gasteiger charge is 2.43. The molecule has 0 aromatic heterocycles. The van der Waals surface area contributed by atoms with Crippen LogP contribution in [0.25, 0.3) is 0 Å². The van der Waals surface area contributed by atoms with Gasteiger partial charge in [0, 0.05) is 12.1 Å². The molecule has 2 atom stereocenters. The van der Waals surface area contributed by atoms with Gasteiger partial charge in [0.15, 0.2) is 0 Å². The molecule has 2 saturated heterocycles. The Morgan fingerprint density at radius 2 is 1.85 bits per heavy atom. The van der Waals surface area contributed by atoms with Crippen molar-refractivity contribution in [3.63, 3.8) is 0 Å². The highest BCUT2D eigenvalue weighted by molar-refractivity contribution is 6.01. The Labute approximate surface area is 186 Å². The van der Waals surface area contributed by atoms with Gasteiger partial charge in [-0.3, -0.25) is 19.8 Å². The zero-order chi connectivity index (χ0) is 24.3. The first-order valence-electron chi connectivity index (χ1n) is 10.4. The lowest BCUT2D eigenvalue weighted by atomic mass is 9.88. The molecule has 2 N–H and O–H groups in total. The minimum Gasteiger partial charge on any atom is -0.385 e. The molecule has 0 radical (unpaired) electrons. The Kier molecular flexibility index (Phi) is 7.35. The molecule has 0 bridgehead atoms. The molecule has 3 rings (SSSR count). The smallest absolute Gasteiger partial charge is 0.385 e. The number of hydrogen-bond acceptors (Lipinski definition) is 7. The predicted octanol–water partition coefficient (Wildman–Crippen LogP) is 2.24. The molecule has 12 heteroatoms. The van der Waals surface area contributed by atoms with Crippen LogP contribution in [-0.4, -0.2) is 60.0 Å². The topological polar surface area (TPSA) is 105 Å². The van der Waals surface area contributed by atoms with Crippen molar-refractivity contribution in [3.8, 4) is 0 Å². The van der Waals surface area contributed by atoms with Gasteiger partial charge in [-0.2, -0.15) is 13.2 Å². The zero-order valence-electron chi connectivity index (χ0n) is 17.7. The number of carbonyl (C=O) groups excluding carboxylic acids is 4. The van der Waals surface area contributed by atoms with Crippen LogP contribution in [0.3, 0.4) is 0 Å². The van der Waals surface area contributed by atoms with Crippen molar-refractivity contribution in [2.45, 2.75) is 56.8 Å². The fourth-order valence-corrected chi connectivity index (χ4v) is 3.96. The second kappa shape index (κ2) is 9.86. The largest absolute Gasteiger partial charge is 0.491 e. The van der Waals surface area contributed by atoms with E-state index in [0.717, 1.165) is 0 Å². The van der Waals surface area contributed by atoms with Crippen LogP contribution in [0.4, 0.5) is 23.2 Å². The number of rotatable bonds is 5. The highest BCUT2D eigenvalue weighted by Crippen LogP contribution is 2.32. The van der Waals surface area contributed by atoms with Crippen molar-refractivity contribution >= 4 is 29.4 Å². The van der Waals surface area contributed by atoms with E-state index in [1.807, 2.05) is 0 Å². The van der Waals surface area contributed by atoms with E-state index < -0.39 is 41.9 Å². The van der Waals surface area contributed by atoms with E-state index in [1.165, 1.54) is 13.0 Å². The van der Waals surface area contributed by atoms with Crippen LogP contribution >= 0.6 is 0 Å². The summed E-state index contributed by atoms with van der Waals surface area (Å²) in [6.45, 7) is 1.95. The van der Waals surface area contributed by atoms with Crippen molar-refractivity contribution in [1.29, 1.82) is 0 Å². The number of nitrogens with one attached hydrogen (secondary N) is 2. The van der Waals surface area contributed by atoms with E-state index in [9.17, 15) is 36.7 Å². The summed E-state index contributed by atoms with van der Waals surface area (Å²) in [6, 6.07) is 2.82. The molecule has 180 valence electrons. The van der Waals surface area contributed by atoms with E-state index in [-0.39, 0.29) is 18.2 Å². The maximum Gasteiger partial charge on any atom is 0.491 e. The maximum absolute atomic E-state index is 14.8. The lowest BCUT2D eigenvalue weighted by Gasteiger charge is -2.35. The monoisotopic (exact) mass is 473 g/mol. The third kappa shape index (κ3) is 6.06. The van der Waals surface area contributed by atoms with Crippen molar-refractivity contribution in [2.75, 3.05) is 18.4 Å². The van der Waals surface area contributed by atoms with Crippen LogP contribution < -0.4 is 10.6 Å². The van der Waals surface area contributed by atoms with Crippen molar-refractivity contribution < 1.29 is 41.5 Å². The highest BCUT2D eigenvalue weighted by atomic mass is 19.4. The molecule has 2 unspecified atom stereocenters. The summed E-state index contributed by atoms with van der Waals surface area (Å²) < 4.78 is 55.5. The number of esters is 2. The predicted molar refractivity (Wildman–Crippen MR) is 106 cm³/mol. The van der Waals surface area contributed by atoms with Gasteiger partial charge in [-0.25, -0.2) is 14.0 Å². The number of hydrogen-bond donors (Lipinski definition) is 2. The van der Waals surface area contributed by atoms with Crippen LogP contribution in [0, 0.1) is 5.82 Å². The number of likely N-dealkylation sites (tertiary alicyclic amines) is 1. The Bertz CT molecular complexity index is 944. The molecule has 2 aliphatic heterocycles. The summed E-state index contributed by atoms with van der Waals surface area (Å²) in [5, 5.41) is 5.13.